The van der Waals surface area contributed by atoms with Gasteiger partial charge in [-0.3, -0.25) is 9.69 Å². The number of Topliss-reactive ketones (excluding diaryl/α,β-unsaturated/α-hetero) is 1. The lowest BCUT2D eigenvalue weighted by Gasteiger charge is -2.71. The van der Waals surface area contributed by atoms with Crippen LogP contribution in [0.15, 0.2) is 121 Å². The van der Waals surface area contributed by atoms with Crippen molar-refractivity contribution in [1.82, 2.24) is 4.90 Å². The fourth-order valence-electron chi connectivity index (χ4n) is 12.7. The lowest BCUT2D eigenvalue weighted by Crippen LogP contribution is -2.67. The van der Waals surface area contributed by atoms with Crippen LogP contribution in [0.3, 0.4) is 0 Å². The second-order valence-corrected chi connectivity index (χ2v) is 17.4. The fraction of sp³-hybridized carbons (Fsp3) is 0.404. The number of hydrogen-bond acceptors (Lipinski definition) is 4. The van der Waals surface area contributed by atoms with Crippen LogP contribution in [0.25, 0.3) is 21.9 Å². The van der Waals surface area contributed by atoms with E-state index in [0.29, 0.717) is 25.1 Å². The van der Waals surface area contributed by atoms with E-state index in [1.807, 2.05) is 35.2 Å². The van der Waals surface area contributed by atoms with Crippen LogP contribution in [0, 0.1) is 33.5 Å². The second-order valence-electron chi connectivity index (χ2n) is 17.4. The number of ketones is 1. The smallest absolute Gasteiger partial charge is 0.410 e. The second kappa shape index (κ2) is 11.0. The molecule has 0 unspecified atom stereocenters. The Labute approximate surface area is 306 Å². The van der Waals surface area contributed by atoms with Crippen molar-refractivity contribution in [3.63, 3.8) is 0 Å². The molecule has 1 saturated heterocycles. The first kappa shape index (κ1) is 32.2. The van der Waals surface area contributed by atoms with E-state index in [4.69, 9.17) is 4.74 Å². The van der Waals surface area contributed by atoms with Gasteiger partial charge in [-0.25, -0.2) is 4.79 Å². The number of carbonyl (C=O) groups is 2. The highest BCUT2D eigenvalue weighted by molar-refractivity contribution is 6.10. The van der Waals surface area contributed by atoms with Crippen LogP contribution in [0.1, 0.15) is 74.7 Å². The molecule has 7 aliphatic rings. The van der Waals surface area contributed by atoms with Gasteiger partial charge in [-0.05, 0) is 89.7 Å². The van der Waals surface area contributed by atoms with Crippen molar-refractivity contribution in [1.29, 1.82) is 0 Å². The van der Waals surface area contributed by atoms with E-state index in [1.54, 1.807) is 0 Å². The number of ether oxygens (including phenoxy) is 1. The van der Waals surface area contributed by atoms with Crippen LogP contribution in [0.5, 0.6) is 0 Å². The van der Waals surface area contributed by atoms with Gasteiger partial charge in [0, 0.05) is 33.9 Å². The van der Waals surface area contributed by atoms with Crippen LogP contribution in [0.2, 0.25) is 0 Å². The Morgan fingerprint density at radius 2 is 1.48 bits per heavy atom. The lowest BCUT2D eigenvalue weighted by molar-refractivity contribution is -0.164. The summed E-state index contributed by atoms with van der Waals surface area (Å²) in [5.41, 5.74) is 3.15. The summed E-state index contributed by atoms with van der Waals surface area (Å²) >= 11 is 0. The Bertz CT molecular complexity index is 2180. The van der Waals surface area contributed by atoms with E-state index in [1.165, 1.54) is 10.8 Å². The predicted molar refractivity (Wildman–Crippen MR) is 203 cm³/mol. The molecule has 264 valence electrons. The summed E-state index contributed by atoms with van der Waals surface area (Å²) in [6, 6.07) is 33.1. The molecule has 11 rings (SSSR count). The summed E-state index contributed by atoms with van der Waals surface area (Å²) in [6.07, 6.45) is 12.5. The molecule has 6 aliphatic carbocycles. The van der Waals surface area contributed by atoms with E-state index in [0.717, 1.165) is 60.8 Å². The van der Waals surface area contributed by atoms with Gasteiger partial charge in [-0.1, -0.05) is 129 Å². The molecule has 1 amide bonds. The van der Waals surface area contributed by atoms with Gasteiger partial charge in [0.25, 0.3) is 0 Å². The Morgan fingerprint density at radius 1 is 0.788 bits per heavy atom. The summed E-state index contributed by atoms with van der Waals surface area (Å²) in [7, 11) is 0. The van der Waals surface area contributed by atoms with Crippen LogP contribution in [-0.2, 0) is 11.3 Å². The zero-order valence-corrected chi connectivity index (χ0v) is 30.2. The first-order chi connectivity index (χ1) is 25.1. The third-order valence-electron chi connectivity index (χ3n) is 15.4. The number of rotatable bonds is 5. The Morgan fingerprint density at radius 3 is 2.31 bits per heavy atom. The predicted octanol–water partition coefficient (Wildman–Crippen LogP) is 9.94. The molecule has 5 heteroatoms. The van der Waals surface area contributed by atoms with Crippen LogP contribution in [-0.4, -0.2) is 40.1 Å². The molecular weight excluding hydrogens is 643 g/mol. The lowest BCUT2D eigenvalue weighted by atomic mass is 9.32. The molecule has 0 aromatic heterocycles. The van der Waals surface area contributed by atoms with Crippen molar-refractivity contribution in [3.8, 4) is 11.1 Å². The minimum absolute atomic E-state index is 0.0637. The summed E-state index contributed by atoms with van der Waals surface area (Å²) in [5.74, 6) is 0.505. The number of fused-ring (bicyclic) bond motifs is 3. The molecule has 52 heavy (non-hydrogen) atoms. The maximum atomic E-state index is 15.1. The normalized spacial score (nSPS) is 37.1. The van der Waals surface area contributed by atoms with Gasteiger partial charge in [0.1, 0.15) is 5.60 Å². The highest BCUT2D eigenvalue weighted by Gasteiger charge is 2.76. The molecule has 1 heterocycles. The number of aliphatic hydroxyl groups is 1. The van der Waals surface area contributed by atoms with Gasteiger partial charge < -0.3 is 9.84 Å². The number of aliphatic hydroxyl groups excluding tert-OH is 1. The summed E-state index contributed by atoms with van der Waals surface area (Å²) in [5, 5.41) is 13.4. The third kappa shape index (κ3) is 4.15. The largest absolute Gasteiger partial charge is 0.440 e. The van der Waals surface area contributed by atoms with Gasteiger partial charge in [-0.15, -0.1) is 0 Å². The molecule has 2 bridgehead atoms. The van der Waals surface area contributed by atoms with Crippen LogP contribution >= 0.6 is 0 Å². The van der Waals surface area contributed by atoms with Gasteiger partial charge in [0.05, 0.1) is 12.6 Å². The Kier molecular flexibility index (Phi) is 6.82. The molecule has 4 aromatic carbocycles. The zero-order valence-electron chi connectivity index (χ0n) is 30.2. The van der Waals surface area contributed by atoms with Crippen LogP contribution in [0.4, 0.5) is 4.79 Å². The van der Waals surface area contributed by atoms with Crippen molar-refractivity contribution in [2.75, 3.05) is 6.54 Å². The number of allylic oxidation sites excluding steroid dienone is 4. The summed E-state index contributed by atoms with van der Waals surface area (Å²) < 4.78 is 6.67. The van der Waals surface area contributed by atoms with E-state index in [-0.39, 0.29) is 46.1 Å². The molecular formula is C47H47NO4. The van der Waals surface area contributed by atoms with E-state index in [2.05, 4.69) is 98.8 Å². The molecule has 4 fully saturated rings. The third-order valence-corrected chi connectivity index (χ3v) is 15.4. The van der Waals surface area contributed by atoms with Gasteiger partial charge in [0.15, 0.2) is 5.78 Å². The monoisotopic (exact) mass is 689 g/mol. The molecule has 0 radical (unpaired) electrons. The first-order valence-electron chi connectivity index (χ1n) is 19.4. The fourth-order valence-corrected chi connectivity index (χ4v) is 12.7. The number of nitrogens with zero attached hydrogens (tertiary/aromatic N) is 1. The minimum atomic E-state index is -0.617. The van der Waals surface area contributed by atoms with Crippen molar-refractivity contribution >= 4 is 22.6 Å². The number of amides is 1. The van der Waals surface area contributed by atoms with Gasteiger partial charge >= 0.3 is 6.09 Å². The molecule has 4 aromatic rings. The SMILES string of the molecule is C[C@]12CC[C@H]3[C@@]4(C=C[C@@]5(C=C4C(=O)c4ccc(-c6ccccc6)cc4)C[C@@H](O)CC[C@]35C)[C@@H]1CC[C@@]21CN(Cc2cccc3ccccc23)C(=O)O1. The Balaban J connectivity index is 1.04. The van der Waals surface area contributed by atoms with E-state index in [9.17, 15) is 9.90 Å². The maximum absolute atomic E-state index is 15.1. The van der Waals surface area contributed by atoms with Crippen molar-refractivity contribution in [3.05, 3.63) is 132 Å². The molecule has 1 N–H and O–H groups in total. The quantitative estimate of drug-likeness (QED) is 0.167. The summed E-state index contributed by atoms with van der Waals surface area (Å²) in [4.78, 5) is 30.9. The summed E-state index contributed by atoms with van der Waals surface area (Å²) in [6.45, 7) is 5.90. The first-order valence-corrected chi connectivity index (χ1v) is 19.4. The number of benzene rings is 4. The zero-order chi connectivity index (χ0) is 35.5. The molecule has 1 aliphatic heterocycles. The van der Waals surface area contributed by atoms with Crippen LogP contribution < -0.4 is 0 Å². The van der Waals surface area contributed by atoms with Crippen molar-refractivity contribution in [2.24, 2.45) is 33.5 Å². The van der Waals surface area contributed by atoms with Crippen molar-refractivity contribution < 1.29 is 19.4 Å². The Hall–Kier alpha value is -4.48. The molecule has 8 atom stereocenters. The standard InChI is InChI=1S/C47H47NO4/c1-43-22-19-36(49)27-45(43)25-26-47(38(28-45)41(50)34-17-15-32(16-18-34)31-9-4-3-5-10-31)39(43)20-23-44(2)40(47)21-24-46(44)30-48(42(51)52-46)29-35-13-8-12-33-11-6-7-14-37(33)35/h3-18,25-26,28,36,39-40,49H,19-24,27,29-30H2,1-2H3/t36-,39+,40+,43+,44-,45-,46+,47-/m0/s1. The average molecular weight is 690 g/mol. The highest BCUT2D eigenvalue weighted by atomic mass is 16.6. The topological polar surface area (TPSA) is 66.8 Å². The van der Waals surface area contributed by atoms with Gasteiger partial charge in [0.2, 0.25) is 0 Å². The minimum Gasteiger partial charge on any atom is -0.440 e. The maximum Gasteiger partial charge on any atom is 0.410 e. The number of carbonyl (C=O) groups excluding carboxylic acids is 2. The van der Waals surface area contributed by atoms with E-state index >= 15 is 4.79 Å². The highest BCUT2D eigenvalue weighted by Crippen LogP contribution is 2.79. The average Bonchev–Trinajstić information content (AvgIpc) is 3.65. The molecule has 5 nitrogen and oxygen atoms in total. The van der Waals surface area contributed by atoms with E-state index < -0.39 is 11.0 Å². The molecule has 3 spiro atoms. The number of hydrogen-bond donors (Lipinski definition) is 1. The van der Waals surface area contributed by atoms with Crippen molar-refractivity contribution in [2.45, 2.75) is 77.0 Å². The molecule has 3 saturated carbocycles. The van der Waals surface area contributed by atoms with Gasteiger partial charge in [-0.2, -0.15) is 0 Å².